The van der Waals surface area contributed by atoms with Crippen molar-refractivity contribution in [2.45, 2.75) is 6.30 Å². The van der Waals surface area contributed by atoms with Crippen LogP contribution in [0.1, 0.15) is 10.4 Å². The quantitative estimate of drug-likeness (QED) is 0.328. The monoisotopic (exact) mass is 213 g/mol. The third-order valence-electron chi connectivity index (χ3n) is 1.59. The van der Waals surface area contributed by atoms with Gasteiger partial charge in [0, 0.05) is 0 Å². The number of alkyl halides is 1. The minimum Gasteiger partial charge on any atom is -0.451 e. The maximum absolute atomic E-state index is 12.4. The lowest BCUT2D eigenvalue weighted by molar-refractivity contribution is -0.556. The topological polar surface area (TPSA) is 69.4 Å². The highest BCUT2D eigenvalue weighted by atomic mass is 19.1. The summed E-state index contributed by atoms with van der Waals surface area (Å²) in [5, 5.41) is 9.89. The Hall–Kier alpha value is -1.98. The van der Waals surface area contributed by atoms with Gasteiger partial charge in [-0.3, -0.25) is 10.1 Å². The van der Waals surface area contributed by atoms with Crippen LogP contribution in [0.5, 0.6) is 0 Å². The van der Waals surface area contributed by atoms with Crippen molar-refractivity contribution in [2.24, 2.45) is 0 Å². The third-order valence-corrected chi connectivity index (χ3v) is 1.59. The number of hydrogen-bond acceptors (Lipinski definition) is 4. The first-order valence-electron chi connectivity index (χ1n) is 4.11. The minimum atomic E-state index is -2.38. The number of hydrogen-bond donors (Lipinski definition) is 0. The highest BCUT2D eigenvalue weighted by Crippen LogP contribution is 2.02. The molecule has 0 radical (unpaired) electrons. The van der Waals surface area contributed by atoms with Gasteiger partial charge in [0.2, 0.25) is 0 Å². The number of ether oxygens (including phenoxy) is 1. The van der Waals surface area contributed by atoms with Crippen LogP contribution in [0.3, 0.4) is 0 Å². The van der Waals surface area contributed by atoms with Gasteiger partial charge in [-0.2, -0.15) is 4.39 Å². The summed E-state index contributed by atoms with van der Waals surface area (Å²) in [5.74, 6) is -0.778. The lowest BCUT2D eigenvalue weighted by Crippen LogP contribution is -2.22. The molecule has 0 aliphatic heterocycles. The summed E-state index contributed by atoms with van der Waals surface area (Å²) in [7, 11) is 0. The number of nitro groups is 1. The van der Waals surface area contributed by atoms with Gasteiger partial charge in [0.05, 0.1) is 10.5 Å². The molecular weight excluding hydrogens is 205 g/mol. The van der Waals surface area contributed by atoms with E-state index in [1.165, 1.54) is 12.1 Å². The zero-order valence-corrected chi connectivity index (χ0v) is 7.63. The average molecular weight is 213 g/mol. The summed E-state index contributed by atoms with van der Waals surface area (Å²) >= 11 is 0. The standard InChI is InChI=1S/C9H8FNO4/c10-8(11(13)14)6-15-9(12)7-4-2-1-3-5-7/h1-5,8H,6H2. The van der Waals surface area contributed by atoms with Crippen molar-refractivity contribution in [3.8, 4) is 0 Å². The van der Waals surface area contributed by atoms with Gasteiger partial charge in [-0.15, -0.1) is 0 Å². The van der Waals surface area contributed by atoms with Crippen molar-refractivity contribution in [2.75, 3.05) is 6.61 Å². The zero-order valence-electron chi connectivity index (χ0n) is 7.63. The number of nitrogens with zero attached hydrogens (tertiary/aromatic N) is 1. The van der Waals surface area contributed by atoms with Crippen LogP contribution in [0.2, 0.25) is 0 Å². The van der Waals surface area contributed by atoms with E-state index in [1.807, 2.05) is 0 Å². The van der Waals surface area contributed by atoms with Gasteiger partial charge in [0.25, 0.3) is 0 Å². The molecule has 1 aromatic rings. The first kappa shape index (κ1) is 11.1. The van der Waals surface area contributed by atoms with E-state index in [0.29, 0.717) is 0 Å². The Morgan fingerprint density at radius 3 is 2.60 bits per heavy atom. The van der Waals surface area contributed by atoms with Crippen LogP contribution >= 0.6 is 0 Å². The number of rotatable bonds is 4. The van der Waals surface area contributed by atoms with Crippen LogP contribution in [-0.2, 0) is 4.74 Å². The summed E-state index contributed by atoms with van der Waals surface area (Å²) in [6.07, 6.45) is -2.38. The van der Waals surface area contributed by atoms with Gasteiger partial charge < -0.3 is 4.74 Å². The van der Waals surface area contributed by atoms with Crippen molar-refractivity contribution >= 4 is 5.97 Å². The highest BCUT2D eigenvalue weighted by molar-refractivity contribution is 5.89. The second-order valence-electron chi connectivity index (χ2n) is 2.68. The molecule has 0 aliphatic rings. The van der Waals surface area contributed by atoms with Crippen LogP contribution < -0.4 is 0 Å². The van der Waals surface area contributed by atoms with Crippen molar-refractivity contribution in [3.63, 3.8) is 0 Å². The Morgan fingerprint density at radius 1 is 1.47 bits per heavy atom. The SMILES string of the molecule is O=C(OCC(F)[N+](=O)[O-])c1ccccc1. The molecule has 1 aromatic carbocycles. The lowest BCUT2D eigenvalue weighted by atomic mass is 10.2. The van der Waals surface area contributed by atoms with Crippen molar-refractivity contribution in [1.82, 2.24) is 0 Å². The zero-order chi connectivity index (χ0) is 11.3. The van der Waals surface area contributed by atoms with E-state index in [-0.39, 0.29) is 5.56 Å². The molecule has 5 nitrogen and oxygen atoms in total. The van der Waals surface area contributed by atoms with E-state index in [2.05, 4.69) is 4.74 Å². The molecule has 80 valence electrons. The summed E-state index contributed by atoms with van der Waals surface area (Å²) in [6.45, 7) is -0.874. The van der Waals surface area contributed by atoms with Crippen LogP contribution in [0, 0.1) is 10.1 Å². The van der Waals surface area contributed by atoms with E-state index in [9.17, 15) is 19.3 Å². The third kappa shape index (κ3) is 3.34. The maximum atomic E-state index is 12.4. The van der Waals surface area contributed by atoms with E-state index in [4.69, 9.17) is 0 Å². The van der Waals surface area contributed by atoms with Gasteiger partial charge in [-0.1, -0.05) is 18.2 Å². The fraction of sp³-hybridized carbons (Fsp3) is 0.222. The van der Waals surface area contributed by atoms with Crippen molar-refractivity contribution in [1.29, 1.82) is 0 Å². The summed E-state index contributed by atoms with van der Waals surface area (Å²) < 4.78 is 16.8. The Kier molecular flexibility index (Phi) is 3.73. The molecule has 1 atom stereocenters. The summed E-state index contributed by atoms with van der Waals surface area (Å²) in [5.41, 5.74) is 0.230. The van der Waals surface area contributed by atoms with Gasteiger partial charge in [-0.05, 0) is 12.1 Å². The van der Waals surface area contributed by atoms with Crippen LogP contribution in [0.4, 0.5) is 4.39 Å². The molecule has 0 saturated heterocycles. The number of halogens is 1. The second kappa shape index (κ2) is 5.04. The van der Waals surface area contributed by atoms with Gasteiger partial charge in [0.15, 0.2) is 6.61 Å². The fourth-order valence-electron chi connectivity index (χ4n) is 0.863. The molecule has 15 heavy (non-hydrogen) atoms. The highest BCUT2D eigenvalue weighted by Gasteiger charge is 2.20. The predicted octanol–water partition coefficient (Wildman–Crippen LogP) is 1.42. The number of carbonyl (C=O) groups is 1. The van der Waals surface area contributed by atoms with Crippen molar-refractivity contribution in [3.05, 3.63) is 46.0 Å². The minimum absolute atomic E-state index is 0.230. The predicted molar refractivity (Wildman–Crippen MR) is 48.6 cm³/mol. The summed E-state index contributed by atoms with van der Waals surface area (Å²) in [6, 6.07) is 7.86. The Balaban J connectivity index is 2.47. The molecule has 0 bridgehead atoms. The molecular formula is C9H8FNO4. The molecule has 1 rings (SSSR count). The molecule has 0 aliphatic carbocycles. The smallest absolute Gasteiger partial charge is 0.382 e. The number of benzene rings is 1. The molecule has 1 unspecified atom stereocenters. The molecule has 0 heterocycles. The summed E-state index contributed by atoms with van der Waals surface area (Å²) in [4.78, 5) is 19.9. The normalized spacial score (nSPS) is 11.8. The first-order chi connectivity index (χ1) is 7.11. The van der Waals surface area contributed by atoms with Gasteiger partial charge in [-0.25, -0.2) is 4.79 Å². The number of esters is 1. The van der Waals surface area contributed by atoms with Crippen molar-refractivity contribution < 1.29 is 18.8 Å². The molecule has 6 heteroatoms. The van der Waals surface area contributed by atoms with E-state index < -0.39 is 23.8 Å². The molecule has 0 aromatic heterocycles. The fourth-order valence-corrected chi connectivity index (χ4v) is 0.863. The van der Waals surface area contributed by atoms with E-state index >= 15 is 0 Å². The van der Waals surface area contributed by atoms with Crippen LogP contribution in [-0.4, -0.2) is 23.8 Å². The molecule has 0 fully saturated rings. The first-order valence-corrected chi connectivity index (χ1v) is 4.11. The Morgan fingerprint density at radius 2 is 2.07 bits per heavy atom. The van der Waals surface area contributed by atoms with Gasteiger partial charge in [0.1, 0.15) is 0 Å². The molecule has 0 spiro atoms. The number of carbonyl (C=O) groups excluding carboxylic acids is 1. The molecule has 0 saturated carbocycles. The van der Waals surface area contributed by atoms with Gasteiger partial charge >= 0.3 is 12.3 Å². The average Bonchev–Trinajstić information content (AvgIpc) is 2.26. The van der Waals surface area contributed by atoms with E-state index in [0.717, 1.165) is 0 Å². The van der Waals surface area contributed by atoms with Crippen LogP contribution in [0.25, 0.3) is 0 Å². The molecule has 0 N–H and O–H groups in total. The lowest BCUT2D eigenvalue weighted by Gasteiger charge is -2.03. The Bertz CT molecular complexity index is 354. The maximum Gasteiger partial charge on any atom is 0.382 e. The Labute approximate surface area is 84.6 Å². The van der Waals surface area contributed by atoms with Crippen LogP contribution in [0.15, 0.2) is 30.3 Å². The molecule has 0 amide bonds. The largest absolute Gasteiger partial charge is 0.451 e. The second-order valence-corrected chi connectivity index (χ2v) is 2.68. The van der Waals surface area contributed by atoms with E-state index in [1.54, 1.807) is 18.2 Å².